The molecular formula is C13H13BrN4S. The van der Waals surface area contributed by atoms with Gasteiger partial charge in [-0.2, -0.15) is 0 Å². The van der Waals surface area contributed by atoms with Gasteiger partial charge < -0.3 is 10.3 Å². The largest absolute Gasteiger partial charge is 0.369 e. The van der Waals surface area contributed by atoms with Crippen molar-refractivity contribution in [3.63, 3.8) is 0 Å². The fourth-order valence-electron chi connectivity index (χ4n) is 2.07. The van der Waals surface area contributed by atoms with Crippen LogP contribution in [0.2, 0.25) is 0 Å². The van der Waals surface area contributed by atoms with Crippen LogP contribution in [0.4, 0.5) is 5.95 Å². The van der Waals surface area contributed by atoms with Crippen molar-refractivity contribution in [2.45, 2.75) is 19.9 Å². The molecule has 0 unspecified atom stereocenters. The molecule has 98 valence electrons. The number of hydrogen-bond acceptors (Lipinski definition) is 4. The molecule has 0 amide bonds. The Bertz CT molecular complexity index is 731. The Morgan fingerprint density at radius 3 is 2.95 bits per heavy atom. The van der Waals surface area contributed by atoms with E-state index in [2.05, 4.69) is 31.3 Å². The van der Waals surface area contributed by atoms with E-state index in [1.807, 2.05) is 29.7 Å². The van der Waals surface area contributed by atoms with Gasteiger partial charge >= 0.3 is 0 Å². The number of hydrogen-bond donors (Lipinski definition) is 1. The second-order valence-corrected chi connectivity index (χ2v) is 6.25. The molecule has 2 aromatic heterocycles. The average Bonchev–Trinajstić information content (AvgIpc) is 2.90. The zero-order valence-electron chi connectivity index (χ0n) is 10.4. The topological polar surface area (TPSA) is 56.7 Å². The average molecular weight is 337 g/mol. The van der Waals surface area contributed by atoms with Gasteiger partial charge in [-0.25, -0.2) is 9.97 Å². The number of nitrogens with two attached hydrogens (primary N) is 1. The smallest absolute Gasteiger partial charge is 0.201 e. The second-order valence-electron chi connectivity index (χ2n) is 4.39. The number of anilines is 1. The number of thiazole rings is 1. The van der Waals surface area contributed by atoms with Crippen LogP contribution in [0.25, 0.3) is 11.0 Å². The van der Waals surface area contributed by atoms with Gasteiger partial charge in [0.2, 0.25) is 5.95 Å². The fourth-order valence-corrected chi connectivity index (χ4v) is 3.19. The maximum Gasteiger partial charge on any atom is 0.201 e. The zero-order valence-corrected chi connectivity index (χ0v) is 12.8. The summed E-state index contributed by atoms with van der Waals surface area (Å²) in [4.78, 5) is 8.85. The third-order valence-electron chi connectivity index (χ3n) is 2.96. The number of nitrogen functional groups attached to an aromatic ring is 1. The number of nitrogens with zero attached hydrogens (tertiary/aromatic N) is 3. The summed E-state index contributed by atoms with van der Waals surface area (Å²) in [6, 6.07) is 5.99. The van der Waals surface area contributed by atoms with E-state index in [-0.39, 0.29) is 0 Å². The molecule has 0 radical (unpaired) electrons. The molecule has 0 atom stereocenters. The lowest BCUT2D eigenvalue weighted by molar-refractivity contribution is 0.721. The predicted octanol–water partition coefficient (Wildman–Crippen LogP) is 3.39. The standard InChI is InChI=1S/C13H13BrN4S/c1-8-7-19-12(16-8)4-5-18-11-6-9(14)2-3-10(11)17-13(18)15/h2-3,6-7H,4-5H2,1H3,(H2,15,17). The molecule has 0 bridgehead atoms. The monoisotopic (exact) mass is 336 g/mol. The van der Waals surface area contributed by atoms with E-state index in [1.165, 1.54) is 0 Å². The molecule has 0 aliphatic carbocycles. The molecule has 0 spiro atoms. The van der Waals surface area contributed by atoms with Crippen molar-refractivity contribution in [3.8, 4) is 0 Å². The van der Waals surface area contributed by atoms with Crippen LogP contribution in [0.5, 0.6) is 0 Å². The Kier molecular flexibility index (Phi) is 3.28. The number of fused-ring (bicyclic) bond motifs is 1. The van der Waals surface area contributed by atoms with E-state index in [9.17, 15) is 0 Å². The van der Waals surface area contributed by atoms with Crippen LogP contribution in [0, 0.1) is 6.92 Å². The Morgan fingerprint density at radius 2 is 2.21 bits per heavy atom. The van der Waals surface area contributed by atoms with Gasteiger partial charge in [0.15, 0.2) is 0 Å². The van der Waals surface area contributed by atoms with Crippen LogP contribution in [0.15, 0.2) is 28.1 Å². The summed E-state index contributed by atoms with van der Waals surface area (Å²) >= 11 is 5.17. The molecule has 0 aliphatic heterocycles. The number of rotatable bonds is 3. The summed E-state index contributed by atoms with van der Waals surface area (Å²) < 4.78 is 3.07. The van der Waals surface area contributed by atoms with Gasteiger partial charge in [0, 0.05) is 28.5 Å². The van der Waals surface area contributed by atoms with Gasteiger partial charge in [-0.15, -0.1) is 11.3 Å². The molecule has 0 saturated carbocycles. The van der Waals surface area contributed by atoms with Crippen molar-refractivity contribution in [1.82, 2.24) is 14.5 Å². The molecular weight excluding hydrogens is 324 g/mol. The van der Waals surface area contributed by atoms with E-state index in [0.717, 1.165) is 39.2 Å². The first-order valence-electron chi connectivity index (χ1n) is 5.96. The Morgan fingerprint density at radius 1 is 1.37 bits per heavy atom. The van der Waals surface area contributed by atoms with Crippen molar-refractivity contribution in [2.24, 2.45) is 0 Å². The number of halogens is 1. The number of imidazole rings is 1. The lowest BCUT2D eigenvalue weighted by Gasteiger charge is -2.05. The quantitative estimate of drug-likeness (QED) is 0.797. The molecule has 0 fully saturated rings. The SMILES string of the molecule is Cc1csc(CCn2c(N)nc3ccc(Br)cc32)n1. The van der Waals surface area contributed by atoms with Crippen LogP contribution in [0.1, 0.15) is 10.7 Å². The first-order chi connectivity index (χ1) is 9.13. The maximum atomic E-state index is 5.99. The minimum atomic E-state index is 0.557. The number of benzene rings is 1. The van der Waals surface area contributed by atoms with E-state index in [0.29, 0.717) is 5.95 Å². The molecule has 3 aromatic rings. The van der Waals surface area contributed by atoms with Crippen LogP contribution in [-0.4, -0.2) is 14.5 Å². The van der Waals surface area contributed by atoms with Crippen LogP contribution in [-0.2, 0) is 13.0 Å². The third-order valence-corrected chi connectivity index (χ3v) is 4.48. The summed E-state index contributed by atoms with van der Waals surface area (Å²) in [7, 11) is 0. The predicted molar refractivity (Wildman–Crippen MR) is 82.4 cm³/mol. The lowest BCUT2D eigenvalue weighted by atomic mass is 10.3. The highest BCUT2D eigenvalue weighted by atomic mass is 79.9. The van der Waals surface area contributed by atoms with Crippen molar-refractivity contribution in [3.05, 3.63) is 38.8 Å². The zero-order chi connectivity index (χ0) is 13.4. The Balaban J connectivity index is 1.91. The minimum absolute atomic E-state index is 0.557. The molecule has 4 nitrogen and oxygen atoms in total. The highest BCUT2D eigenvalue weighted by Crippen LogP contribution is 2.23. The van der Waals surface area contributed by atoms with E-state index >= 15 is 0 Å². The second kappa shape index (κ2) is 4.94. The molecule has 0 saturated heterocycles. The lowest BCUT2D eigenvalue weighted by Crippen LogP contribution is -2.05. The number of aromatic nitrogens is 3. The fraction of sp³-hybridized carbons (Fsp3) is 0.231. The van der Waals surface area contributed by atoms with Crippen LogP contribution < -0.4 is 5.73 Å². The van der Waals surface area contributed by atoms with Crippen molar-refractivity contribution < 1.29 is 0 Å². The summed E-state index contributed by atoms with van der Waals surface area (Å²) in [6.45, 7) is 2.81. The summed E-state index contributed by atoms with van der Waals surface area (Å²) in [5.41, 5.74) is 9.05. The van der Waals surface area contributed by atoms with E-state index in [4.69, 9.17) is 5.73 Å². The van der Waals surface area contributed by atoms with Crippen LogP contribution >= 0.6 is 27.3 Å². The molecule has 3 rings (SSSR count). The van der Waals surface area contributed by atoms with Gasteiger partial charge in [0.1, 0.15) is 0 Å². The highest BCUT2D eigenvalue weighted by molar-refractivity contribution is 9.10. The van der Waals surface area contributed by atoms with Crippen molar-refractivity contribution >= 4 is 44.2 Å². The van der Waals surface area contributed by atoms with E-state index < -0.39 is 0 Å². The Hall–Kier alpha value is -1.40. The van der Waals surface area contributed by atoms with Gasteiger partial charge in [0.05, 0.1) is 16.0 Å². The van der Waals surface area contributed by atoms with Gasteiger partial charge in [-0.05, 0) is 25.1 Å². The van der Waals surface area contributed by atoms with Crippen molar-refractivity contribution in [1.29, 1.82) is 0 Å². The Labute approximate surface area is 123 Å². The molecule has 2 heterocycles. The molecule has 1 aromatic carbocycles. The molecule has 6 heteroatoms. The normalized spacial score (nSPS) is 11.3. The first-order valence-corrected chi connectivity index (χ1v) is 7.63. The number of aryl methyl sites for hydroxylation is 3. The summed E-state index contributed by atoms with van der Waals surface area (Å²) in [6.07, 6.45) is 0.876. The van der Waals surface area contributed by atoms with Crippen molar-refractivity contribution in [2.75, 3.05) is 5.73 Å². The molecule has 2 N–H and O–H groups in total. The first kappa shape index (κ1) is 12.6. The molecule has 19 heavy (non-hydrogen) atoms. The summed E-state index contributed by atoms with van der Waals surface area (Å²) in [5, 5.41) is 3.20. The highest BCUT2D eigenvalue weighted by Gasteiger charge is 2.09. The van der Waals surface area contributed by atoms with Gasteiger partial charge in [-0.1, -0.05) is 15.9 Å². The van der Waals surface area contributed by atoms with Gasteiger partial charge in [-0.3, -0.25) is 0 Å². The molecule has 0 aliphatic rings. The van der Waals surface area contributed by atoms with Crippen LogP contribution in [0.3, 0.4) is 0 Å². The maximum absolute atomic E-state index is 5.99. The summed E-state index contributed by atoms with van der Waals surface area (Å²) in [5.74, 6) is 0.557. The van der Waals surface area contributed by atoms with E-state index in [1.54, 1.807) is 11.3 Å². The minimum Gasteiger partial charge on any atom is -0.369 e. The van der Waals surface area contributed by atoms with Gasteiger partial charge in [0.25, 0.3) is 0 Å². The third kappa shape index (κ3) is 2.50.